The molecule has 0 saturated carbocycles. The van der Waals surface area contributed by atoms with Crippen LogP contribution in [-0.4, -0.2) is 49.7 Å². The van der Waals surface area contributed by atoms with Gasteiger partial charge in [0.15, 0.2) is 0 Å². The lowest BCUT2D eigenvalue weighted by Gasteiger charge is -2.26. The van der Waals surface area contributed by atoms with E-state index in [1.54, 1.807) is 0 Å². The molecule has 5 nitrogen and oxygen atoms in total. The maximum Gasteiger partial charge on any atom is 0.406 e. The van der Waals surface area contributed by atoms with Crippen LogP contribution in [0, 0.1) is 5.92 Å². The number of ether oxygens (including phenoxy) is 1. The molecule has 0 bridgehead atoms. The van der Waals surface area contributed by atoms with Crippen molar-refractivity contribution >= 4 is 11.9 Å². The van der Waals surface area contributed by atoms with E-state index in [4.69, 9.17) is 5.73 Å². The summed E-state index contributed by atoms with van der Waals surface area (Å²) in [6, 6.07) is 0. The SMILES string of the molecule is COC(=O)CCN(CC(F)(F)F)C(=O)C(C)CCN. The molecule has 0 aromatic rings. The Hall–Kier alpha value is -1.31. The van der Waals surface area contributed by atoms with Gasteiger partial charge in [-0.2, -0.15) is 13.2 Å². The van der Waals surface area contributed by atoms with Gasteiger partial charge in [-0.25, -0.2) is 0 Å². The summed E-state index contributed by atoms with van der Waals surface area (Å²) in [5.41, 5.74) is 5.27. The molecule has 0 heterocycles. The first-order chi connectivity index (χ1) is 8.71. The molecule has 19 heavy (non-hydrogen) atoms. The average Bonchev–Trinajstić information content (AvgIpc) is 2.31. The highest BCUT2D eigenvalue weighted by molar-refractivity contribution is 5.79. The van der Waals surface area contributed by atoms with Gasteiger partial charge in [-0.15, -0.1) is 0 Å². The van der Waals surface area contributed by atoms with E-state index in [1.165, 1.54) is 6.92 Å². The lowest BCUT2D eigenvalue weighted by Crippen LogP contribution is -2.43. The first-order valence-corrected chi connectivity index (χ1v) is 5.83. The molecular weight excluding hydrogens is 265 g/mol. The largest absolute Gasteiger partial charge is 0.469 e. The van der Waals surface area contributed by atoms with Crippen LogP contribution in [0.15, 0.2) is 0 Å². The van der Waals surface area contributed by atoms with Crippen LogP contribution in [0.1, 0.15) is 19.8 Å². The van der Waals surface area contributed by atoms with E-state index in [9.17, 15) is 22.8 Å². The maximum atomic E-state index is 12.4. The molecule has 1 unspecified atom stereocenters. The highest BCUT2D eigenvalue weighted by Crippen LogP contribution is 2.19. The molecule has 0 radical (unpaired) electrons. The number of rotatable bonds is 7. The Morgan fingerprint density at radius 3 is 2.37 bits per heavy atom. The van der Waals surface area contributed by atoms with Crippen LogP contribution in [0.5, 0.6) is 0 Å². The summed E-state index contributed by atoms with van der Waals surface area (Å²) in [4.78, 5) is 23.4. The summed E-state index contributed by atoms with van der Waals surface area (Å²) in [6.07, 6.45) is -4.48. The van der Waals surface area contributed by atoms with Crippen molar-refractivity contribution < 1.29 is 27.5 Å². The van der Waals surface area contributed by atoms with Crippen LogP contribution >= 0.6 is 0 Å². The highest BCUT2D eigenvalue weighted by Gasteiger charge is 2.34. The Kier molecular flexibility index (Phi) is 7.43. The van der Waals surface area contributed by atoms with E-state index in [0.717, 1.165) is 7.11 Å². The monoisotopic (exact) mass is 284 g/mol. The fourth-order valence-corrected chi connectivity index (χ4v) is 1.50. The van der Waals surface area contributed by atoms with Gasteiger partial charge in [-0.05, 0) is 13.0 Å². The number of nitrogens with zero attached hydrogens (tertiary/aromatic N) is 1. The van der Waals surface area contributed by atoms with Gasteiger partial charge in [0.2, 0.25) is 5.91 Å². The second kappa shape index (κ2) is 7.98. The number of esters is 1. The normalized spacial score (nSPS) is 12.9. The Labute approximate surface area is 109 Å². The van der Waals surface area contributed by atoms with Gasteiger partial charge in [-0.3, -0.25) is 9.59 Å². The summed E-state index contributed by atoms with van der Waals surface area (Å²) in [5.74, 6) is -1.93. The summed E-state index contributed by atoms with van der Waals surface area (Å²) in [7, 11) is 1.13. The number of hydrogen-bond acceptors (Lipinski definition) is 4. The Balaban J connectivity index is 4.65. The van der Waals surface area contributed by atoms with Crippen molar-refractivity contribution in [2.45, 2.75) is 25.9 Å². The molecule has 8 heteroatoms. The van der Waals surface area contributed by atoms with Gasteiger partial charge >= 0.3 is 12.1 Å². The van der Waals surface area contributed by atoms with Gasteiger partial charge in [-0.1, -0.05) is 6.92 Å². The summed E-state index contributed by atoms with van der Waals surface area (Å²) < 4.78 is 41.5. The van der Waals surface area contributed by atoms with E-state index in [-0.39, 0.29) is 19.5 Å². The topological polar surface area (TPSA) is 72.6 Å². The minimum absolute atomic E-state index is 0.212. The number of halogens is 3. The number of alkyl halides is 3. The number of carbonyl (C=O) groups excluding carboxylic acids is 2. The van der Waals surface area contributed by atoms with Gasteiger partial charge in [0.05, 0.1) is 13.5 Å². The second-order valence-electron chi connectivity index (χ2n) is 4.18. The first-order valence-electron chi connectivity index (χ1n) is 5.83. The lowest BCUT2D eigenvalue weighted by molar-refractivity contribution is -0.165. The molecule has 2 N–H and O–H groups in total. The molecule has 0 aromatic carbocycles. The first kappa shape index (κ1) is 17.7. The zero-order valence-electron chi connectivity index (χ0n) is 11.0. The fourth-order valence-electron chi connectivity index (χ4n) is 1.50. The molecule has 0 aromatic heterocycles. The third-order valence-corrected chi connectivity index (χ3v) is 2.52. The molecule has 0 aliphatic rings. The third kappa shape index (κ3) is 7.66. The number of hydrogen-bond donors (Lipinski definition) is 1. The molecule has 0 aliphatic heterocycles. The van der Waals surface area contributed by atoms with Crippen molar-refractivity contribution in [3.8, 4) is 0 Å². The number of nitrogens with two attached hydrogens (primary N) is 1. The molecule has 0 fully saturated rings. The molecule has 0 rings (SSSR count). The van der Waals surface area contributed by atoms with Crippen molar-refractivity contribution in [1.29, 1.82) is 0 Å². The van der Waals surface area contributed by atoms with Gasteiger partial charge in [0.1, 0.15) is 6.54 Å². The van der Waals surface area contributed by atoms with Gasteiger partial charge < -0.3 is 15.4 Å². The summed E-state index contributed by atoms with van der Waals surface area (Å²) in [5, 5.41) is 0. The van der Waals surface area contributed by atoms with Gasteiger partial charge in [0.25, 0.3) is 0 Å². The van der Waals surface area contributed by atoms with E-state index >= 15 is 0 Å². The van der Waals surface area contributed by atoms with Crippen LogP contribution in [0.25, 0.3) is 0 Å². The maximum absolute atomic E-state index is 12.4. The Morgan fingerprint density at radius 1 is 1.37 bits per heavy atom. The predicted molar refractivity (Wildman–Crippen MR) is 62.1 cm³/mol. The fraction of sp³-hybridized carbons (Fsp3) is 0.818. The number of carbonyl (C=O) groups is 2. The molecule has 1 atom stereocenters. The van der Waals surface area contributed by atoms with E-state index in [1.807, 2.05) is 0 Å². The predicted octanol–water partition coefficient (Wildman–Crippen LogP) is 0.925. The van der Waals surface area contributed by atoms with Crippen LogP contribution in [0.2, 0.25) is 0 Å². The van der Waals surface area contributed by atoms with Crippen molar-refractivity contribution in [2.75, 3.05) is 26.7 Å². The van der Waals surface area contributed by atoms with E-state index in [2.05, 4.69) is 4.74 Å². The Bertz CT molecular complexity index is 308. The number of amides is 1. The lowest BCUT2D eigenvalue weighted by atomic mass is 10.1. The van der Waals surface area contributed by atoms with Gasteiger partial charge in [0, 0.05) is 12.5 Å². The van der Waals surface area contributed by atoms with Crippen molar-refractivity contribution in [3.63, 3.8) is 0 Å². The molecule has 112 valence electrons. The van der Waals surface area contributed by atoms with Crippen LogP contribution in [0.3, 0.4) is 0 Å². The zero-order chi connectivity index (χ0) is 15.1. The van der Waals surface area contributed by atoms with Crippen molar-refractivity contribution in [3.05, 3.63) is 0 Å². The molecule has 0 spiro atoms. The minimum atomic E-state index is -4.51. The van der Waals surface area contributed by atoms with Crippen molar-refractivity contribution in [2.24, 2.45) is 11.7 Å². The standard InChI is InChI=1S/C11H19F3N2O3/c1-8(3-5-15)10(18)16(7-11(12,13)14)6-4-9(17)19-2/h8H,3-7,15H2,1-2H3. The van der Waals surface area contributed by atoms with E-state index < -0.39 is 30.5 Å². The van der Waals surface area contributed by atoms with Crippen LogP contribution in [-0.2, 0) is 14.3 Å². The smallest absolute Gasteiger partial charge is 0.406 e. The second-order valence-corrected chi connectivity index (χ2v) is 4.18. The highest BCUT2D eigenvalue weighted by atomic mass is 19.4. The third-order valence-electron chi connectivity index (χ3n) is 2.52. The quantitative estimate of drug-likeness (QED) is 0.706. The molecule has 0 saturated heterocycles. The minimum Gasteiger partial charge on any atom is -0.469 e. The summed E-state index contributed by atoms with van der Waals surface area (Å²) in [6.45, 7) is 0.0259. The van der Waals surface area contributed by atoms with E-state index in [0.29, 0.717) is 11.3 Å². The molecule has 1 amide bonds. The van der Waals surface area contributed by atoms with Crippen LogP contribution < -0.4 is 5.73 Å². The van der Waals surface area contributed by atoms with Crippen LogP contribution in [0.4, 0.5) is 13.2 Å². The Morgan fingerprint density at radius 2 is 1.95 bits per heavy atom. The summed E-state index contributed by atoms with van der Waals surface area (Å²) >= 11 is 0. The number of methoxy groups -OCH3 is 1. The molecule has 0 aliphatic carbocycles. The van der Waals surface area contributed by atoms with Crippen molar-refractivity contribution in [1.82, 2.24) is 4.90 Å². The molecular formula is C11H19F3N2O3. The zero-order valence-corrected chi connectivity index (χ0v) is 11.0. The average molecular weight is 284 g/mol.